The maximum atomic E-state index is 10.9. The molecule has 67 heavy (non-hydrogen) atoms. The molecular weight excluding hydrogens is 905 g/mol. The van der Waals surface area contributed by atoms with E-state index < -0.39 is 20.8 Å². The predicted octanol–water partition coefficient (Wildman–Crippen LogP) is 18.6. The predicted molar refractivity (Wildman–Crippen MR) is 288 cm³/mol. The minimum Gasteiger partial charge on any atom is -0.726 e. The Kier molecular flexibility index (Phi) is 62.4. The Balaban J connectivity index is -0.00000120. The van der Waals surface area contributed by atoms with E-state index in [2.05, 4.69) is 36.1 Å². The second-order valence-corrected chi connectivity index (χ2v) is 22.5. The van der Waals surface area contributed by atoms with Crippen molar-refractivity contribution in [1.29, 1.82) is 0 Å². The van der Waals surface area contributed by atoms with E-state index in [1.54, 1.807) is 0 Å². The van der Waals surface area contributed by atoms with E-state index in [4.69, 9.17) is 0 Å². The monoisotopic (exact) mass is 1020 g/mol. The first-order valence-corrected chi connectivity index (χ1v) is 31.9. The van der Waals surface area contributed by atoms with Gasteiger partial charge in [-0.1, -0.05) is 310 Å². The molecule has 0 N–H and O–H groups in total. The number of rotatable bonds is 54. The largest absolute Gasteiger partial charge is 2.00 e. The molecule has 0 aliphatic rings. The molecule has 0 aromatic rings. The molecule has 0 rings (SSSR count). The average Bonchev–Trinajstić information content (AvgIpc) is 3.28. The molecule has 2 atom stereocenters. The third-order valence-corrected chi connectivity index (χ3v) is 14.6. The van der Waals surface area contributed by atoms with Crippen LogP contribution in [0, 0.1) is 11.8 Å². The molecule has 400 valence electrons. The van der Waals surface area contributed by atoms with E-state index in [0.717, 1.165) is 51.4 Å². The summed E-state index contributed by atoms with van der Waals surface area (Å²) in [5.41, 5.74) is 0. The van der Waals surface area contributed by atoms with E-state index in [9.17, 15) is 25.9 Å². The third-order valence-electron chi connectivity index (χ3n) is 13.8. The summed E-state index contributed by atoms with van der Waals surface area (Å²) in [6, 6.07) is 0. The van der Waals surface area contributed by atoms with Crippen LogP contribution in [-0.2, 0) is 29.2 Å². The van der Waals surface area contributed by atoms with Crippen molar-refractivity contribution in [2.45, 2.75) is 336 Å². The van der Waals surface area contributed by atoms with Crippen molar-refractivity contribution in [2.75, 3.05) is 13.2 Å². The zero-order valence-corrected chi connectivity index (χ0v) is 49.1. The van der Waals surface area contributed by atoms with Crippen LogP contribution < -0.4 is 0 Å². The summed E-state index contributed by atoms with van der Waals surface area (Å²) in [4.78, 5) is 0. The van der Waals surface area contributed by atoms with Crippen molar-refractivity contribution >= 4 is 58.5 Å². The van der Waals surface area contributed by atoms with Crippen LogP contribution in [0.5, 0.6) is 0 Å². The van der Waals surface area contributed by atoms with E-state index >= 15 is 0 Å². The van der Waals surface area contributed by atoms with Crippen LogP contribution in [0.3, 0.4) is 0 Å². The average molecular weight is 1020 g/mol. The van der Waals surface area contributed by atoms with Gasteiger partial charge in [-0.15, -0.1) is 0 Å². The second kappa shape index (κ2) is 57.9. The van der Waals surface area contributed by atoms with Gasteiger partial charge in [-0.25, -0.2) is 16.8 Å². The van der Waals surface area contributed by atoms with Crippen molar-refractivity contribution in [3.8, 4) is 0 Å². The van der Waals surface area contributed by atoms with Crippen LogP contribution in [0.4, 0.5) is 0 Å². The minimum atomic E-state index is -4.58. The van der Waals surface area contributed by atoms with Crippen molar-refractivity contribution in [3.05, 3.63) is 0 Å². The van der Waals surface area contributed by atoms with Crippen molar-refractivity contribution in [1.82, 2.24) is 0 Å². The zero-order valence-electron chi connectivity index (χ0n) is 45.3. The van der Waals surface area contributed by atoms with Crippen molar-refractivity contribution in [2.24, 2.45) is 11.8 Å². The Bertz CT molecular complexity index is 1050. The van der Waals surface area contributed by atoms with Gasteiger partial charge in [0, 0.05) is 0 Å². The molecule has 0 saturated carbocycles. The molecule has 0 spiro atoms. The molecule has 0 radical (unpaired) electrons. The Morgan fingerprint density at radius 1 is 0.269 bits per heavy atom. The fourth-order valence-corrected chi connectivity index (χ4v) is 10.1. The fraction of sp³-hybridized carbons (Fsp3) is 1.00. The van der Waals surface area contributed by atoms with Crippen LogP contribution in [-0.4, -0.2) is 76.9 Å². The normalized spacial score (nSPS) is 12.7. The molecule has 8 nitrogen and oxygen atoms in total. The van der Waals surface area contributed by atoms with Gasteiger partial charge in [0.25, 0.3) is 0 Å². The Morgan fingerprint density at radius 3 is 0.537 bits per heavy atom. The number of unbranched alkanes of at least 4 members (excludes halogenated alkanes) is 40. The molecular formula is C56H114CaO8S2. The summed E-state index contributed by atoms with van der Waals surface area (Å²) >= 11 is 0. The van der Waals surface area contributed by atoms with Crippen LogP contribution in [0.25, 0.3) is 0 Å². The van der Waals surface area contributed by atoms with Gasteiger partial charge in [0.05, 0.1) is 13.2 Å². The Hall–Kier alpha value is 1.000. The van der Waals surface area contributed by atoms with Gasteiger partial charge >= 0.3 is 37.7 Å². The quantitative estimate of drug-likeness (QED) is 0.0255. The van der Waals surface area contributed by atoms with E-state index in [0.29, 0.717) is 0 Å². The SMILES string of the molecule is CCCCCCCCCCCCCCC(CCCCCCCCCCCC)COS(=O)(=O)[O-].CCCCCCCCCCCCCCC(CCCCCCCCCCCC)COS(=O)(=O)[O-].[Ca+2]. The van der Waals surface area contributed by atoms with Crippen LogP contribution in [0.1, 0.15) is 336 Å². The first-order chi connectivity index (χ1) is 32.0. The van der Waals surface area contributed by atoms with Crippen LogP contribution >= 0.6 is 0 Å². The summed E-state index contributed by atoms with van der Waals surface area (Å²) in [7, 11) is -9.15. The first-order valence-electron chi connectivity index (χ1n) is 29.2. The fourth-order valence-electron chi connectivity index (χ4n) is 9.37. The molecule has 0 amide bonds. The molecule has 11 heteroatoms. The topological polar surface area (TPSA) is 133 Å². The molecule has 0 fully saturated rings. The second-order valence-electron chi connectivity index (χ2n) is 20.4. The zero-order chi connectivity index (χ0) is 48.9. The summed E-state index contributed by atoms with van der Waals surface area (Å²) in [6.07, 6.45) is 61.6. The van der Waals surface area contributed by atoms with Gasteiger partial charge in [-0.3, -0.25) is 8.37 Å². The summed E-state index contributed by atoms with van der Waals surface area (Å²) in [5.74, 6) is 0.400. The van der Waals surface area contributed by atoms with Gasteiger partial charge in [0.15, 0.2) is 0 Å². The molecule has 0 heterocycles. The van der Waals surface area contributed by atoms with Gasteiger partial charge in [-0.05, 0) is 37.5 Å². The maximum Gasteiger partial charge on any atom is 2.00 e. The van der Waals surface area contributed by atoms with Gasteiger partial charge in [-0.2, -0.15) is 0 Å². The van der Waals surface area contributed by atoms with Crippen molar-refractivity contribution < 1.29 is 34.3 Å². The summed E-state index contributed by atoms with van der Waals surface area (Å²) in [6.45, 7) is 9.17. The summed E-state index contributed by atoms with van der Waals surface area (Å²) < 4.78 is 74.5. The van der Waals surface area contributed by atoms with Gasteiger partial charge in [0.1, 0.15) is 0 Å². The van der Waals surface area contributed by atoms with E-state index in [1.165, 1.54) is 257 Å². The van der Waals surface area contributed by atoms with E-state index in [1.807, 2.05) is 0 Å². The third kappa shape index (κ3) is 67.0. The molecule has 0 aliphatic carbocycles. The molecule has 2 unspecified atom stereocenters. The number of hydrogen-bond donors (Lipinski definition) is 0. The van der Waals surface area contributed by atoms with Crippen LogP contribution in [0.2, 0.25) is 0 Å². The summed E-state index contributed by atoms with van der Waals surface area (Å²) in [5, 5.41) is 0. The molecule has 0 aromatic carbocycles. The smallest absolute Gasteiger partial charge is 0.726 e. The standard InChI is InChI=1S/2C28H58O4S.Ca/c2*1-3-5-7-9-11-13-15-16-18-20-22-24-26-28(27-32-33(29,30)31)25-23-21-19-17-14-12-10-8-6-4-2;/h2*28H,3-27H2,1-2H3,(H,29,30,31);/q;;+2/p-2. The molecule has 0 aliphatic heterocycles. The minimum absolute atomic E-state index is 0. The molecule has 0 aromatic heterocycles. The van der Waals surface area contributed by atoms with Gasteiger partial charge in [0.2, 0.25) is 20.8 Å². The maximum absolute atomic E-state index is 10.9. The van der Waals surface area contributed by atoms with Crippen molar-refractivity contribution in [3.63, 3.8) is 0 Å². The van der Waals surface area contributed by atoms with Gasteiger partial charge < -0.3 is 9.11 Å². The number of hydrogen-bond acceptors (Lipinski definition) is 8. The Morgan fingerprint density at radius 2 is 0.403 bits per heavy atom. The molecule has 0 bridgehead atoms. The Labute approximate surface area is 450 Å². The van der Waals surface area contributed by atoms with Crippen LogP contribution in [0.15, 0.2) is 0 Å². The first kappa shape index (κ1) is 72.2. The molecule has 0 saturated heterocycles. The van der Waals surface area contributed by atoms with E-state index in [-0.39, 0.29) is 62.8 Å².